The molecular formula is C14H21NO3. The summed E-state index contributed by atoms with van der Waals surface area (Å²) in [4.78, 5) is 11.6. The highest BCUT2D eigenvalue weighted by molar-refractivity contribution is 5.76. The molecule has 1 atom stereocenters. The normalized spacial score (nSPS) is 12.9. The molecule has 0 saturated heterocycles. The molecular weight excluding hydrogens is 230 g/mol. The molecule has 4 nitrogen and oxygen atoms in total. The molecule has 0 saturated carbocycles. The molecule has 1 rings (SSSR count). The van der Waals surface area contributed by atoms with E-state index in [1.807, 2.05) is 51.1 Å². The maximum Gasteiger partial charge on any atom is 0.323 e. The maximum atomic E-state index is 11.6. The molecule has 0 radical (unpaired) electrons. The van der Waals surface area contributed by atoms with Crippen molar-refractivity contribution >= 4 is 5.97 Å². The van der Waals surface area contributed by atoms with Crippen LogP contribution in [0.1, 0.15) is 20.8 Å². The summed E-state index contributed by atoms with van der Waals surface area (Å²) in [5.41, 5.74) is 5.48. The Labute approximate surface area is 108 Å². The third kappa shape index (κ3) is 4.75. The van der Waals surface area contributed by atoms with Gasteiger partial charge in [0.05, 0.1) is 0 Å². The van der Waals surface area contributed by atoms with Crippen LogP contribution in [-0.2, 0) is 9.53 Å². The van der Waals surface area contributed by atoms with Crippen molar-refractivity contribution in [1.29, 1.82) is 0 Å². The highest BCUT2D eigenvalue weighted by Crippen LogP contribution is 2.18. The van der Waals surface area contributed by atoms with Crippen LogP contribution in [0.5, 0.6) is 5.75 Å². The van der Waals surface area contributed by atoms with Crippen LogP contribution in [0.15, 0.2) is 30.3 Å². The Morgan fingerprint density at radius 3 is 2.39 bits per heavy atom. The second-order valence-electron chi connectivity index (χ2n) is 5.17. The van der Waals surface area contributed by atoms with Crippen molar-refractivity contribution < 1.29 is 14.3 Å². The van der Waals surface area contributed by atoms with E-state index in [1.54, 1.807) is 0 Å². The highest BCUT2D eigenvalue weighted by Gasteiger charge is 2.28. The second-order valence-corrected chi connectivity index (χ2v) is 5.17. The standard InChI is InChI=1S/C14H21NO3/c1-14(2,3)12(15)13(16)18-10-9-17-11-7-5-4-6-8-11/h4-8,12H,9-10,15H2,1-3H3/t12-/m1/s1. The molecule has 0 amide bonds. The second kappa shape index (κ2) is 6.40. The van der Waals surface area contributed by atoms with Gasteiger partial charge >= 0.3 is 5.97 Å². The van der Waals surface area contributed by atoms with Gasteiger partial charge in [0.2, 0.25) is 0 Å². The van der Waals surface area contributed by atoms with Crippen molar-refractivity contribution in [2.75, 3.05) is 13.2 Å². The molecule has 1 aromatic carbocycles. The van der Waals surface area contributed by atoms with Crippen LogP contribution in [-0.4, -0.2) is 25.2 Å². The van der Waals surface area contributed by atoms with Crippen LogP contribution in [0.2, 0.25) is 0 Å². The number of para-hydroxylation sites is 1. The van der Waals surface area contributed by atoms with Crippen molar-refractivity contribution in [2.45, 2.75) is 26.8 Å². The number of rotatable bonds is 5. The largest absolute Gasteiger partial charge is 0.490 e. The molecule has 0 aliphatic heterocycles. The lowest BCUT2D eigenvalue weighted by molar-refractivity contribution is -0.148. The summed E-state index contributed by atoms with van der Waals surface area (Å²) >= 11 is 0. The minimum Gasteiger partial charge on any atom is -0.490 e. The summed E-state index contributed by atoms with van der Waals surface area (Å²) in [7, 11) is 0. The predicted molar refractivity (Wildman–Crippen MR) is 70.3 cm³/mol. The molecule has 100 valence electrons. The van der Waals surface area contributed by atoms with Gasteiger partial charge in [-0.05, 0) is 17.5 Å². The lowest BCUT2D eigenvalue weighted by atomic mass is 9.87. The first-order valence-corrected chi connectivity index (χ1v) is 6.01. The molecule has 0 fully saturated rings. The van der Waals surface area contributed by atoms with E-state index in [9.17, 15) is 4.79 Å². The van der Waals surface area contributed by atoms with E-state index in [0.717, 1.165) is 5.75 Å². The Morgan fingerprint density at radius 1 is 1.22 bits per heavy atom. The molecule has 0 aliphatic carbocycles. The molecule has 0 aliphatic rings. The Balaban J connectivity index is 2.24. The van der Waals surface area contributed by atoms with Crippen LogP contribution in [0.4, 0.5) is 0 Å². The summed E-state index contributed by atoms with van der Waals surface area (Å²) in [6, 6.07) is 8.77. The Hall–Kier alpha value is -1.55. The predicted octanol–water partition coefficient (Wildman–Crippen LogP) is 1.98. The number of esters is 1. The van der Waals surface area contributed by atoms with Gasteiger partial charge in [0, 0.05) is 0 Å². The number of carbonyl (C=O) groups is 1. The van der Waals surface area contributed by atoms with Gasteiger partial charge in [-0.3, -0.25) is 4.79 Å². The smallest absolute Gasteiger partial charge is 0.323 e. The fraction of sp³-hybridized carbons (Fsp3) is 0.500. The van der Waals surface area contributed by atoms with Crippen molar-refractivity contribution in [3.8, 4) is 5.75 Å². The SMILES string of the molecule is CC(C)(C)[C@H](N)C(=O)OCCOc1ccccc1. The van der Waals surface area contributed by atoms with Crippen LogP contribution in [0.25, 0.3) is 0 Å². The number of hydrogen-bond acceptors (Lipinski definition) is 4. The number of hydrogen-bond donors (Lipinski definition) is 1. The lowest BCUT2D eigenvalue weighted by Crippen LogP contribution is -2.43. The lowest BCUT2D eigenvalue weighted by Gasteiger charge is -2.24. The highest BCUT2D eigenvalue weighted by atomic mass is 16.6. The average Bonchev–Trinajstić information content (AvgIpc) is 2.33. The van der Waals surface area contributed by atoms with Crippen molar-refractivity contribution in [1.82, 2.24) is 0 Å². The summed E-state index contributed by atoms with van der Waals surface area (Å²) in [6.07, 6.45) is 0. The fourth-order valence-corrected chi connectivity index (χ4v) is 1.26. The Morgan fingerprint density at radius 2 is 1.83 bits per heavy atom. The van der Waals surface area contributed by atoms with E-state index in [-0.39, 0.29) is 18.0 Å². The van der Waals surface area contributed by atoms with Crippen LogP contribution >= 0.6 is 0 Å². The molecule has 0 spiro atoms. The van der Waals surface area contributed by atoms with E-state index >= 15 is 0 Å². The monoisotopic (exact) mass is 251 g/mol. The summed E-state index contributed by atoms with van der Waals surface area (Å²) < 4.78 is 10.5. The molecule has 0 heterocycles. The zero-order chi connectivity index (χ0) is 13.6. The zero-order valence-corrected chi connectivity index (χ0v) is 11.2. The van der Waals surface area contributed by atoms with Gasteiger partial charge in [-0.25, -0.2) is 0 Å². The molecule has 0 bridgehead atoms. The van der Waals surface area contributed by atoms with Gasteiger partial charge in [-0.1, -0.05) is 39.0 Å². The van der Waals surface area contributed by atoms with E-state index < -0.39 is 6.04 Å². The molecule has 2 N–H and O–H groups in total. The van der Waals surface area contributed by atoms with Crippen molar-refractivity contribution in [2.24, 2.45) is 11.1 Å². The number of carbonyl (C=O) groups excluding carboxylic acids is 1. The third-order valence-electron chi connectivity index (χ3n) is 2.53. The molecule has 4 heteroatoms. The maximum absolute atomic E-state index is 11.6. The van der Waals surface area contributed by atoms with Gasteiger partial charge in [0.15, 0.2) is 0 Å². The summed E-state index contributed by atoms with van der Waals surface area (Å²) in [5, 5.41) is 0. The fourth-order valence-electron chi connectivity index (χ4n) is 1.26. The first-order chi connectivity index (χ1) is 8.41. The van der Waals surface area contributed by atoms with E-state index in [1.165, 1.54) is 0 Å². The summed E-state index contributed by atoms with van der Waals surface area (Å²) in [5.74, 6) is 0.368. The van der Waals surface area contributed by atoms with Gasteiger partial charge in [0.1, 0.15) is 25.0 Å². The third-order valence-corrected chi connectivity index (χ3v) is 2.53. The zero-order valence-electron chi connectivity index (χ0n) is 11.2. The van der Waals surface area contributed by atoms with Crippen LogP contribution < -0.4 is 10.5 Å². The molecule has 0 unspecified atom stereocenters. The van der Waals surface area contributed by atoms with E-state index in [0.29, 0.717) is 6.61 Å². The van der Waals surface area contributed by atoms with E-state index in [2.05, 4.69) is 0 Å². The topological polar surface area (TPSA) is 61.6 Å². The number of benzene rings is 1. The van der Waals surface area contributed by atoms with E-state index in [4.69, 9.17) is 15.2 Å². The molecule has 0 aromatic heterocycles. The summed E-state index contributed by atoms with van der Waals surface area (Å²) in [6.45, 7) is 6.24. The first kappa shape index (κ1) is 14.5. The molecule has 18 heavy (non-hydrogen) atoms. The van der Waals surface area contributed by atoms with Crippen LogP contribution in [0.3, 0.4) is 0 Å². The molecule has 1 aromatic rings. The minimum atomic E-state index is -0.616. The number of ether oxygens (including phenoxy) is 2. The first-order valence-electron chi connectivity index (χ1n) is 6.01. The van der Waals surface area contributed by atoms with Gasteiger partial charge in [0.25, 0.3) is 0 Å². The van der Waals surface area contributed by atoms with Crippen LogP contribution in [0, 0.1) is 5.41 Å². The van der Waals surface area contributed by atoms with Gasteiger partial charge in [-0.15, -0.1) is 0 Å². The average molecular weight is 251 g/mol. The quantitative estimate of drug-likeness (QED) is 0.642. The Bertz CT molecular complexity index is 370. The van der Waals surface area contributed by atoms with Crippen molar-refractivity contribution in [3.63, 3.8) is 0 Å². The Kier molecular flexibility index (Phi) is 5.16. The van der Waals surface area contributed by atoms with Gasteiger partial charge in [-0.2, -0.15) is 0 Å². The number of nitrogens with two attached hydrogens (primary N) is 1. The van der Waals surface area contributed by atoms with Crippen molar-refractivity contribution in [3.05, 3.63) is 30.3 Å². The minimum absolute atomic E-state index is 0.206. The van der Waals surface area contributed by atoms with Gasteiger partial charge < -0.3 is 15.2 Å².